The van der Waals surface area contributed by atoms with E-state index in [0.29, 0.717) is 18.8 Å². The van der Waals surface area contributed by atoms with Crippen molar-refractivity contribution >= 4 is 33.6 Å². The van der Waals surface area contributed by atoms with E-state index in [9.17, 15) is 4.79 Å². The van der Waals surface area contributed by atoms with Gasteiger partial charge in [-0.3, -0.25) is 4.79 Å². The molecule has 0 atom stereocenters. The molecule has 0 aromatic heterocycles. The van der Waals surface area contributed by atoms with Crippen LogP contribution >= 0.6 is 27.7 Å². The Morgan fingerprint density at radius 2 is 2.29 bits per heavy atom. The van der Waals surface area contributed by atoms with E-state index < -0.39 is 0 Å². The quantitative estimate of drug-likeness (QED) is 0.625. The highest BCUT2D eigenvalue weighted by atomic mass is 79.9. The Hall–Kier alpha value is -0.520. The molecule has 94 valence electrons. The van der Waals surface area contributed by atoms with Crippen LogP contribution in [0.25, 0.3) is 0 Å². The van der Waals surface area contributed by atoms with Gasteiger partial charge in [-0.2, -0.15) is 0 Å². The minimum Gasteiger partial charge on any atom is -0.355 e. The molecule has 0 saturated carbocycles. The molecular weight excluding hydrogens is 300 g/mol. The van der Waals surface area contributed by atoms with Crippen LogP contribution in [-0.4, -0.2) is 24.7 Å². The molecular formula is C12H17BrN2OS. The number of benzene rings is 1. The second kappa shape index (κ2) is 7.74. The van der Waals surface area contributed by atoms with Crippen molar-refractivity contribution in [1.82, 2.24) is 5.32 Å². The van der Waals surface area contributed by atoms with Crippen LogP contribution in [0.3, 0.4) is 0 Å². The van der Waals surface area contributed by atoms with Crippen LogP contribution < -0.4 is 11.1 Å². The van der Waals surface area contributed by atoms with E-state index >= 15 is 0 Å². The molecule has 17 heavy (non-hydrogen) atoms. The summed E-state index contributed by atoms with van der Waals surface area (Å²) in [5.41, 5.74) is 6.53. The first kappa shape index (κ1) is 14.5. The van der Waals surface area contributed by atoms with E-state index in [1.807, 2.05) is 19.1 Å². The second-order valence-electron chi connectivity index (χ2n) is 3.69. The minimum atomic E-state index is 0.0609. The molecule has 0 bridgehead atoms. The van der Waals surface area contributed by atoms with Crippen LogP contribution in [0.2, 0.25) is 0 Å². The van der Waals surface area contributed by atoms with Gasteiger partial charge in [-0.05, 0) is 43.7 Å². The lowest BCUT2D eigenvalue weighted by atomic mass is 10.2. The number of hydrogen-bond donors (Lipinski definition) is 2. The van der Waals surface area contributed by atoms with Gasteiger partial charge in [0.2, 0.25) is 5.91 Å². The fourth-order valence-electron chi connectivity index (χ4n) is 1.30. The molecule has 3 nitrogen and oxygen atoms in total. The van der Waals surface area contributed by atoms with Crippen LogP contribution in [0, 0.1) is 6.92 Å². The molecule has 0 aliphatic rings. The van der Waals surface area contributed by atoms with Crippen LogP contribution in [0.1, 0.15) is 12.0 Å². The summed E-state index contributed by atoms with van der Waals surface area (Å²) in [5.74, 6) is 0.512. The van der Waals surface area contributed by atoms with E-state index in [-0.39, 0.29) is 5.91 Å². The normalized spacial score (nSPS) is 10.3. The van der Waals surface area contributed by atoms with Gasteiger partial charge in [0.15, 0.2) is 0 Å². The third-order valence-corrected chi connectivity index (χ3v) is 3.87. The van der Waals surface area contributed by atoms with Crippen molar-refractivity contribution in [3.8, 4) is 0 Å². The number of carbonyl (C=O) groups is 1. The topological polar surface area (TPSA) is 55.1 Å². The predicted octanol–water partition coefficient (Wildman–Crippen LogP) is 2.31. The lowest BCUT2D eigenvalue weighted by Crippen LogP contribution is -2.27. The summed E-state index contributed by atoms with van der Waals surface area (Å²) in [6, 6.07) is 6.06. The number of nitrogens with two attached hydrogens (primary N) is 1. The summed E-state index contributed by atoms with van der Waals surface area (Å²) < 4.78 is 1.06. The number of hydrogen-bond acceptors (Lipinski definition) is 3. The number of carbonyl (C=O) groups excluding carboxylic acids is 1. The highest BCUT2D eigenvalue weighted by molar-refractivity contribution is 9.10. The summed E-state index contributed by atoms with van der Waals surface area (Å²) >= 11 is 4.98. The number of halogens is 1. The zero-order valence-corrected chi connectivity index (χ0v) is 12.2. The number of amides is 1. The summed E-state index contributed by atoms with van der Waals surface area (Å²) in [6.45, 7) is 3.31. The largest absolute Gasteiger partial charge is 0.355 e. The second-order valence-corrected chi connectivity index (χ2v) is 5.62. The highest BCUT2D eigenvalue weighted by Crippen LogP contribution is 2.24. The summed E-state index contributed by atoms with van der Waals surface area (Å²) in [4.78, 5) is 12.6. The van der Waals surface area contributed by atoms with Gasteiger partial charge in [-0.1, -0.05) is 15.9 Å². The molecule has 0 aliphatic carbocycles. The fourth-order valence-corrected chi connectivity index (χ4v) is 2.61. The SMILES string of the molecule is Cc1cc(Br)ccc1SCC(=O)NCCCN. The van der Waals surface area contributed by atoms with Gasteiger partial charge in [0.25, 0.3) is 0 Å². The summed E-state index contributed by atoms with van der Waals surface area (Å²) in [5, 5.41) is 2.84. The average molecular weight is 317 g/mol. The molecule has 1 aromatic carbocycles. The van der Waals surface area contributed by atoms with E-state index in [0.717, 1.165) is 15.8 Å². The van der Waals surface area contributed by atoms with E-state index in [4.69, 9.17) is 5.73 Å². The van der Waals surface area contributed by atoms with Crippen molar-refractivity contribution in [1.29, 1.82) is 0 Å². The third kappa shape index (κ3) is 5.57. The number of rotatable bonds is 6. The molecule has 1 amide bonds. The number of aryl methyl sites for hydroxylation is 1. The first-order valence-corrected chi connectivity index (χ1v) is 7.27. The van der Waals surface area contributed by atoms with E-state index in [1.165, 1.54) is 5.56 Å². The third-order valence-electron chi connectivity index (χ3n) is 2.20. The molecule has 5 heteroatoms. The van der Waals surface area contributed by atoms with Gasteiger partial charge in [0.1, 0.15) is 0 Å². The molecule has 0 saturated heterocycles. The van der Waals surface area contributed by atoms with E-state index in [1.54, 1.807) is 11.8 Å². The lowest BCUT2D eigenvalue weighted by molar-refractivity contribution is -0.118. The summed E-state index contributed by atoms with van der Waals surface area (Å²) in [7, 11) is 0. The Kier molecular flexibility index (Phi) is 6.62. The maximum Gasteiger partial charge on any atom is 0.230 e. The van der Waals surface area contributed by atoms with Crippen LogP contribution in [-0.2, 0) is 4.79 Å². The molecule has 1 rings (SSSR count). The zero-order valence-electron chi connectivity index (χ0n) is 9.83. The van der Waals surface area contributed by atoms with Crippen molar-refractivity contribution in [2.45, 2.75) is 18.2 Å². The molecule has 0 fully saturated rings. The molecule has 3 N–H and O–H groups in total. The Balaban J connectivity index is 2.37. The Bertz CT molecular complexity index is 385. The maximum absolute atomic E-state index is 11.5. The summed E-state index contributed by atoms with van der Waals surface area (Å²) in [6.07, 6.45) is 0.827. The van der Waals surface area contributed by atoms with E-state index in [2.05, 4.69) is 27.3 Å². The molecule has 0 unspecified atom stereocenters. The molecule has 0 heterocycles. The lowest BCUT2D eigenvalue weighted by Gasteiger charge is -2.06. The minimum absolute atomic E-state index is 0.0609. The highest BCUT2D eigenvalue weighted by Gasteiger charge is 2.04. The van der Waals surface area contributed by atoms with Gasteiger partial charge >= 0.3 is 0 Å². The molecule has 0 spiro atoms. The van der Waals surface area contributed by atoms with Gasteiger partial charge in [-0.25, -0.2) is 0 Å². The maximum atomic E-state index is 11.5. The van der Waals surface area contributed by atoms with Gasteiger partial charge < -0.3 is 11.1 Å². The van der Waals surface area contributed by atoms with Crippen LogP contribution in [0.5, 0.6) is 0 Å². The Morgan fingerprint density at radius 3 is 2.94 bits per heavy atom. The van der Waals surface area contributed by atoms with Crippen LogP contribution in [0.15, 0.2) is 27.6 Å². The van der Waals surface area contributed by atoms with Crippen molar-refractivity contribution in [2.24, 2.45) is 5.73 Å². The zero-order chi connectivity index (χ0) is 12.7. The van der Waals surface area contributed by atoms with Crippen LogP contribution in [0.4, 0.5) is 0 Å². The van der Waals surface area contributed by atoms with Crippen molar-refractivity contribution in [3.05, 3.63) is 28.2 Å². The van der Waals surface area contributed by atoms with Gasteiger partial charge in [0.05, 0.1) is 5.75 Å². The Labute approximate surface area is 115 Å². The van der Waals surface area contributed by atoms with Crippen molar-refractivity contribution in [3.63, 3.8) is 0 Å². The monoisotopic (exact) mass is 316 g/mol. The first-order valence-electron chi connectivity index (χ1n) is 5.49. The molecule has 0 aliphatic heterocycles. The van der Waals surface area contributed by atoms with Crippen molar-refractivity contribution in [2.75, 3.05) is 18.8 Å². The van der Waals surface area contributed by atoms with Crippen molar-refractivity contribution < 1.29 is 4.79 Å². The predicted molar refractivity (Wildman–Crippen MR) is 76.3 cm³/mol. The number of thioether (sulfide) groups is 1. The molecule has 0 radical (unpaired) electrons. The smallest absolute Gasteiger partial charge is 0.230 e. The van der Waals surface area contributed by atoms with Gasteiger partial charge in [0, 0.05) is 15.9 Å². The average Bonchev–Trinajstić information content (AvgIpc) is 2.28. The molecule has 1 aromatic rings. The standard InChI is InChI=1S/C12H17BrN2OS/c1-9-7-10(13)3-4-11(9)17-8-12(16)15-6-2-5-14/h3-4,7H,2,5-6,8,14H2,1H3,(H,15,16). The Morgan fingerprint density at radius 1 is 1.53 bits per heavy atom. The fraction of sp³-hybridized carbons (Fsp3) is 0.417. The number of nitrogens with one attached hydrogen (secondary N) is 1. The first-order chi connectivity index (χ1) is 8.13. The van der Waals surface area contributed by atoms with Gasteiger partial charge in [-0.15, -0.1) is 11.8 Å².